The van der Waals surface area contributed by atoms with Crippen LogP contribution in [0.25, 0.3) is 5.70 Å². The van der Waals surface area contributed by atoms with Crippen molar-refractivity contribution in [3.05, 3.63) is 52.5 Å². The quantitative estimate of drug-likeness (QED) is 0.531. The minimum absolute atomic E-state index is 0.106. The number of nitrogens with two attached hydrogens (primary N) is 1. The zero-order chi connectivity index (χ0) is 19.0. The molecular formula is C18H24ClFN4O. The molecule has 0 aromatic heterocycles. The number of nitrogens with one attached hydrogen (secondary N) is 2. The number of hydrogen-bond acceptors (Lipinski definition) is 5. The summed E-state index contributed by atoms with van der Waals surface area (Å²) >= 11 is 5.85. The highest BCUT2D eigenvalue weighted by atomic mass is 35.5. The van der Waals surface area contributed by atoms with Crippen LogP contribution in [0.3, 0.4) is 0 Å². The van der Waals surface area contributed by atoms with Gasteiger partial charge in [-0.25, -0.2) is 4.39 Å². The van der Waals surface area contributed by atoms with Gasteiger partial charge in [0, 0.05) is 49.3 Å². The fraction of sp³-hybridized carbons (Fsp3) is 0.333. The Hall–Kier alpha value is -2.18. The van der Waals surface area contributed by atoms with Crippen LogP contribution >= 0.6 is 11.6 Å². The van der Waals surface area contributed by atoms with Gasteiger partial charge in [0.25, 0.3) is 0 Å². The number of allylic oxidation sites excluding steroid dienone is 2. The van der Waals surface area contributed by atoms with E-state index in [0.717, 1.165) is 0 Å². The number of aliphatic hydroxyl groups is 1. The summed E-state index contributed by atoms with van der Waals surface area (Å²) in [5.74, 6) is -0.451. The molecule has 5 N–H and O–H groups in total. The van der Waals surface area contributed by atoms with Crippen molar-refractivity contribution >= 4 is 28.7 Å². The van der Waals surface area contributed by atoms with Gasteiger partial charge in [-0.2, -0.15) is 0 Å². The lowest BCUT2D eigenvalue weighted by Crippen LogP contribution is -2.11. The van der Waals surface area contributed by atoms with Crippen LogP contribution in [-0.4, -0.2) is 30.1 Å². The third-order valence-electron chi connectivity index (χ3n) is 3.53. The van der Waals surface area contributed by atoms with E-state index in [-0.39, 0.29) is 11.6 Å². The zero-order valence-electron chi connectivity index (χ0n) is 14.6. The van der Waals surface area contributed by atoms with Crippen LogP contribution in [0.2, 0.25) is 0 Å². The SMILES string of the molecule is CCN/C=C(/C/C(C=NC)=C(/N)c1ccc(F)cc1C(C)O)C(=N)Cl. The normalized spacial score (nSPS) is 14.4. The molecule has 0 spiro atoms. The van der Waals surface area contributed by atoms with Crippen molar-refractivity contribution in [3.8, 4) is 0 Å². The van der Waals surface area contributed by atoms with E-state index in [0.29, 0.717) is 34.5 Å². The molecule has 0 saturated heterocycles. The first-order valence-corrected chi connectivity index (χ1v) is 8.25. The Kier molecular flexibility index (Phi) is 8.31. The Labute approximate surface area is 152 Å². The molecule has 0 saturated carbocycles. The molecule has 0 bridgehead atoms. The van der Waals surface area contributed by atoms with Gasteiger partial charge in [-0.05, 0) is 43.2 Å². The molecule has 1 atom stereocenters. The van der Waals surface area contributed by atoms with Crippen LogP contribution in [0.15, 0.2) is 40.5 Å². The van der Waals surface area contributed by atoms with Gasteiger partial charge in [-0.1, -0.05) is 11.6 Å². The van der Waals surface area contributed by atoms with E-state index < -0.39 is 11.9 Å². The van der Waals surface area contributed by atoms with Crippen molar-refractivity contribution in [2.75, 3.05) is 13.6 Å². The number of aliphatic hydroxyl groups excluding tert-OH is 1. The van der Waals surface area contributed by atoms with Crippen molar-refractivity contribution in [1.82, 2.24) is 5.32 Å². The summed E-state index contributed by atoms with van der Waals surface area (Å²) in [4.78, 5) is 4.01. The molecule has 0 radical (unpaired) electrons. The maximum atomic E-state index is 13.5. The first-order chi connectivity index (χ1) is 11.8. The molecule has 1 unspecified atom stereocenters. The second-order valence-corrected chi connectivity index (χ2v) is 5.83. The van der Waals surface area contributed by atoms with E-state index >= 15 is 0 Å². The Bertz CT molecular complexity index is 711. The van der Waals surface area contributed by atoms with E-state index in [9.17, 15) is 9.50 Å². The Balaban J connectivity index is 3.43. The molecule has 1 rings (SSSR count). The monoisotopic (exact) mass is 366 g/mol. The van der Waals surface area contributed by atoms with Gasteiger partial charge in [-0.15, -0.1) is 0 Å². The first-order valence-electron chi connectivity index (χ1n) is 7.87. The van der Waals surface area contributed by atoms with Crippen LogP contribution in [-0.2, 0) is 0 Å². The maximum Gasteiger partial charge on any atom is 0.125 e. The van der Waals surface area contributed by atoms with E-state index in [4.69, 9.17) is 22.7 Å². The summed E-state index contributed by atoms with van der Waals surface area (Å²) in [7, 11) is 1.60. The summed E-state index contributed by atoms with van der Waals surface area (Å²) < 4.78 is 13.5. The molecule has 7 heteroatoms. The zero-order valence-corrected chi connectivity index (χ0v) is 15.4. The van der Waals surface area contributed by atoms with Gasteiger partial charge in [0.15, 0.2) is 0 Å². The van der Waals surface area contributed by atoms with Crippen LogP contribution in [0.5, 0.6) is 0 Å². The fourth-order valence-corrected chi connectivity index (χ4v) is 2.41. The summed E-state index contributed by atoms with van der Waals surface area (Å²) in [6.45, 7) is 4.16. The second kappa shape index (κ2) is 9.96. The molecule has 0 heterocycles. The van der Waals surface area contributed by atoms with Crippen LogP contribution in [0, 0.1) is 11.2 Å². The lowest BCUT2D eigenvalue weighted by atomic mass is 9.95. The standard InChI is InChI=1S/C18H24ClFN4O/c1-4-24-10-13(18(19)22)7-12(9-23-3)17(21)15-6-5-14(20)8-16(15)11(2)25/h5-6,8-11,22,24-25H,4,7,21H2,1-3H3/b13-10-,17-12-,22-18?,23-9?. The Morgan fingerprint density at radius 1 is 1.52 bits per heavy atom. The molecule has 0 aliphatic carbocycles. The first kappa shape index (κ1) is 20.9. The molecular weight excluding hydrogens is 343 g/mol. The average molecular weight is 367 g/mol. The number of aliphatic imine (C=N–C) groups is 1. The van der Waals surface area contributed by atoms with Crippen LogP contribution in [0.4, 0.5) is 4.39 Å². The highest BCUT2D eigenvalue weighted by molar-refractivity contribution is 6.68. The molecule has 0 amide bonds. The molecule has 136 valence electrons. The predicted molar refractivity (Wildman–Crippen MR) is 103 cm³/mol. The van der Waals surface area contributed by atoms with Gasteiger partial charge in [-0.3, -0.25) is 10.4 Å². The molecule has 5 nitrogen and oxygen atoms in total. The number of halogens is 2. The van der Waals surface area contributed by atoms with Gasteiger partial charge in [0.2, 0.25) is 0 Å². The maximum absolute atomic E-state index is 13.5. The third-order valence-corrected chi connectivity index (χ3v) is 3.77. The topological polar surface area (TPSA) is 94.5 Å². The molecule has 1 aromatic carbocycles. The summed E-state index contributed by atoms with van der Waals surface area (Å²) in [6.07, 6.45) is 2.62. The van der Waals surface area contributed by atoms with Crippen molar-refractivity contribution in [2.45, 2.75) is 26.4 Å². The highest BCUT2D eigenvalue weighted by Gasteiger charge is 2.15. The summed E-state index contributed by atoms with van der Waals surface area (Å²) in [5.41, 5.74) is 8.70. The molecule has 1 aromatic rings. The van der Waals surface area contributed by atoms with Gasteiger partial charge < -0.3 is 16.2 Å². The minimum Gasteiger partial charge on any atom is -0.398 e. The molecule has 0 aliphatic rings. The van der Waals surface area contributed by atoms with Crippen molar-refractivity contribution in [3.63, 3.8) is 0 Å². The lowest BCUT2D eigenvalue weighted by molar-refractivity contribution is 0.198. The number of rotatable bonds is 8. The highest BCUT2D eigenvalue weighted by Crippen LogP contribution is 2.27. The number of benzene rings is 1. The van der Waals surface area contributed by atoms with E-state index in [1.165, 1.54) is 18.2 Å². The van der Waals surface area contributed by atoms with Gasteiger partial charge >= 0.3 is 0 Å². The van der Waals surface area contributed by atoms with E-state index in [2.05, 4.69) is 10.3 Å². The molecule has 0 aliphatic heterocycles. The minimum atomic E-state index is -0.882. The number of nitrogens with zero attached hydrogens (tertiary/aromatic N) is 1. The summed E-state index contributed by atoms with van der Waals surface area (Å²) in [6, 6.07) is 4.07. The van der Waals surface area contributed by atoms with Crippen LogP contribution < -0.4 is 11.1 Å². The average Bonchev–Trinajstić information content (AvgIpc) is 2.56. The number of hydrogen-bond donors (Lipinski definition) is 4. The smallest absolute Gasteiger partial charge is 0.125 e. The van der Waals surface area contributed by atoms with Crippen molar-refractivity contribution < 1.29 is 9.50 Å². The fourth-order valence-electron chi connectivity index (χ4n) is 2.29. The largest absolute Gasteiger partial charge is 0.398 e. The van der Waals surface area contributed by atoms with Gasteiger partial charge in [0.05, 0.1) is 6.10 Å². The van der Waals surface area contributed by atoms with Crippen molar-refractivity contribution in [1.29, 1.82) is 5.41 Å². The predicted octanol–water partition coefficient (Wildman–Crippen LogP) is 3.35. The van der Waals surface area contributed by atoms with E-state index in [1.807, 2.05) is 6.92 Å². The third kappa shape index (κ3) is 5.99. The summed E-state index contributed by atoms with van der Waals surface area (Å²) in [5, 5.41) is 20.5. The van der Waals surface area contributed by atoms with Crippen molar-refractivity contribution in [2.24, 2.45) is 10.7 Å². The molecule has 0 fully saturated rings. The van der Waals surface area contributed by atoms with Gasteiger partial charge in [0.1, 0.15) is 11.0 Å². The Morgan fingerprint density at radius 2 is 2.20 bits per heavy atom. The Morgan fingerprint density at radius 3 is 2.72 bits per heavy atom. The van der Waals surface area contributed by atoms with Crippen LogP contribution in [0.1, 0.15) is 37.5 Å². The lowest BCUT2D eigenvalue weighted by Gasteiger charge is -2.16. The molecule has 25 heavy (non-hydrogen) atoms. The van der Waals surface area contributed by atoms with E-state index in [1.54, 1.807) is 26.4 Å². The second-order valence-electron chi connectivity index (χ2n) is 5.45.